The standard InChI is InChI=1S/C92H62F6N2O2/c1-5-59-15-35-77(36-16-59)101-79-39-23-63(24-40-79)91(65-49-67(93)53-68(94)50-65)85-13-9-7-11-81(85)83-43-31-75(55-87(83)91)99(73-33-45-89(97)57(3)47-73)71-27-19-61(20-28-71)62-21-29-72(30-22-62)100(74-34-46-90(98)58(4)48-74)76-32-44-84-82-12-8-10-14-86(82)92(88(84)56-76,66-51-69(95)54-70(96)52-66)64-25-41-80(42-26-64)102-78-37-17-60(6-2)18-38-78/h5-56H,1-2H2,3-4H3. The molecule has 0 fully saturated rings. The average molecular weight is 1340 g/mol. The molecule has 0 N–H and O–H groups in total. The van der Waals surface area contributed by atoms with Crippen LogP contribution < -0.4 is 19.3 Å². The van der Waals surface area contributed by atoms with E-state index in [4.69, 9.17) is 9.47 Å². The fourth-order valence-corrected chi connectivity index (χ4v) is 15.1. The van der Waals surface area contributed by atoms with Gasteiger partial charge in [-0.2, -0.15) is 0 Å². The van der Waals surface area contributed by atoms with E-state index in [1.807, 2.05) is 218 Å². The van der Waals surface area contributed by atoms with E-state index in [2.05, 4.69) is 35.1 Å². The second-order valence-corrected chi connectivity index (χ2v) is 25.8. The molecule has 10 heteroatoms. The van der Waals surface area contributed by atoms with Crippen LogP contribution in [-0.2, 0) is 10.8 Å². The van der Waals surface area contributed by atoms with Crippen LogP contribution in [0.4, 0.5) is 60.5 Å². The van der Waals surface area contributed by atoms with Crippen molar-refractivity contribution in [1.29, 1.82) is 0 Å². The van der Waals surface area contributed by atoms with Crippen LogP contribution in [0.15, 0.2) is 316 Å². The smallest absolute Gasteiger partial charge is 0.127 e. The summed E-state index contributed by atoms with van der Waals surface area (Å²) in [4.78, 5) is 4.11. The molecule has 2 aliphatic carbocycles. The molecule has 16 rings (SSSR count). The van der Waals surface area contributed by atoms with Crippen molar-refractivity contribution in [1.82, 2.24) is 0 Å². The third-order valence-corrected chi connectivity index (χ3v) is 19.8. The second-order valence-electron chi connectivity index (χ2n) is 25.8. The van der Waals surface area contributed by atoms with Gasteiger partial charge in [0.15, 0.2) is 0 Å². The monoisotopic (exact) mass is 1340 g/mol. The first-order valence-corrected chi connectivity index (χ1v) is 33.4. The summed E-state index contributed by atoms with van der Waals surface area (Å²) in [6.45, 7) is 11.2. The van der Waals surface area contributed by atoms with E-state index < -0.39 is 34.1 Å². The normalized spacial score (nSPS) is 14.6. The molecular weight excluding hydrogens is 1280 g/mol. The van der Waals surface area contributed by atoms with Gasteiger partial charge in [0, 0.05) is 46.3 Å². The molecular formula is C92H62F6N2O2. The Kier molecular flexibility index (Phi) is 16.3. The lowest BCUT2D eigenvalue weighted by Gasteiger charge is -2.35. The van der Waals surface area contributed by atoms with Gasteiger partial charge in [0.2, 0.25) is 0 Å². The van der Waals surface area contributed by atoms with E-state index in [1.54, 1.807) is 50.3 Å². The molecule has 0 bridgehead atoms. The lowest BCUT2D eigenvalue weighted by Crippen LogP contribution is -2.29. The number of halogens is 6. The van der Waals surface area contributed by atoms with Crippen LogP contribution in [-0.4, -0.2) is 0 Å². The molecule has 0 spiro atoms. The highest BCUT2D eigenvalue weighted by atomic mass is 19.2. The number of rotatable bonds is 17. The maximum Gasteiger partial charge on any atom is 0.127 e. The van der Waals surface area contributed by atoms with Crippen molar-refractivity contribution in [2.24, 2.45) is 0 Å². The van der Waals surface area contributed by atoms with Crippen LogP contribution >= 0.6 is 0 Å². The summed E-state index contributed by atoms with van der Waals surface area (Å²) in [5, 5.41) is 0. The van der Waals surface area contributed by atoms with Gasteiger partial charge in [0.05, 0.1) is 10.8 Å². The molecule has 2 unspecified atom stereocenters. The zero-order valence-electron chi connectivity index (χ0n) is 55.4. The molecule has 4 nitrogen and oxygen atoms in total. The Morgan fingerprint density at radius 3 is 0.931 bits per heavy atom. The van der Waals surface area contributed by atoms with Crippen molar-refractivity contribution < 1.29 is 35.8 Å². The number of aryl methyl sites for hydroxylation is 2. The molecule has 14 aromatic rings. The fourth-order valence-electron chi connectivity index (χ4n) is 15.1. The number of hydrogen-bond acceptors (Lipinski definition) is 4. The average Bonchev–Trinajstić information content (AvgIpc) is 1.56. The highest BCUT2D eigenvalue weighted by molar-refractivity contribution is 5.92. The molecule has 0 aliphatic heterocycles. The predicted molar refractivity (Wildman–Crippen MR) is 398 cm³/mol. The minimum Gasteiger partial charge on any atom is -0.457 e. The number of nitrogens with zero attached hydrogens (tertiary/aromatic N) is 2. The van der Waals surface area contributed by atoms with Gasteiger partial charge < -0.3 is 19.3 Å². The molecule has 0 radical (unpaired) electrons. The quantitative estimate of drug-likeness (QED) is 0.0849. The molecule has 0 saturated carbocycles. The van der Waals surface area contributed by atoms with Crippen LogP contribution in [0.3, 0.4) is 0 Å². The fraction of sp³-hybridized carbons (Fsp3) is 0.0435. The number of benzene rings is 14. The maximum absolute atomic E-state index is 15.9. The zero-order chi connectivity index (χ0) is 70.0. The number of fused-ring (bicyclic) bond motifs is 6. The summed E-state index contributed by atoms with van der Waals surface area (Å²) < 4.78 is 107. The Balaban J connectivity index is 0.783. The van der Waals surface area contributed by atoms with Crippen molar-refractivity contribution in [3.8, 4) is 56.4 Å². The van der Waals surface area contributed by atoms with Crippen molar-refractivity contribution in [3.05, 3.63) is 418 Å². The topological polar surface area (TPSA) is 24.9 Å². The van der Waals surface area contributed by atoms with Crippen LogP contribution in [0.1, 0.15) is 66.8 Å². The van der Waals surface area contributed by atoms with Crippen LogP contribution in [0.2, 0.25) is 0 Å². The Bertz CT molecular complexity index is 5210. The number of anilines is 6. The van der Waals surface area contributed by atoms with Gasteiger partial charge in [0.1, 0.15) is 57.9 Å². The zero-order valence-corrected chi connectivity index (χ0v) is 55.4. The first kappa shape index (κ1) is 64.0. The van der Waals surface area contributed by atoms with Crippen LogP contribution in [0, 0.1) is 48.8 Å². The predicted octanol–water partition coefficient (Wildman–Crippen LogP) is 25.3. The van der Waals surface area contributed by atoms with E-state index in [0.29, 0.717) is 68.0 Å². The Hall–Kier alpha value is -12.7. The molecule has 14 aromatic carbocycles. The molecule has 102 heavy (non-hydrogen) atoms. The van der Waals surface area contributed by atoms with Crippen molar-refractivity contribution in [2.45, 2.75) is 24.7 Å². The van der Waals surface area contributed by atoms with Gasteiger partial charge in [-0.05, 0) is 272 Å². The van der Waals surface area contributed by atoms with Crippen molar-refractivity contribution >= 4 is 46.3 Å². The Morgan fingerprint density at radius 2 is 0.588 bits per heavy atom. The summed E-state index contributed by atoms with van der Waals surface area (Å²) in [7, 11) is 0. The first-order chi connectivity index (χ1) is 49.7. The summed E-state index contributed by atoms with van der Waals surface area (Å²) in [6, 6.07) is 92.1. The highest BCUT2D eigenvalue weighted by Crippen LogP contribution is 2.60. The third kappa shape index (κ3) is 11.2. The van der Waals surface area contributed by atoms with Gasteiger partial charge in [-0.1, -0.05) is 159 Å². The van der Waals surface area contributed by atoms with Crippen molar-refractivity contribution in [2.75, 3.05) is 9.80 Å². The van der Waals surface area contributed by atoms with Gasteiger partial charge in [-0.25, -0.2) is 26.3 Å². The highest BCUT2D eigenvalue weighted by Gasteiger charge is 2.49. The summed E-state index contributed by atoms with van der Waals surface area (Å²) >= 11 is 0. The molecule has 2 aliphatic rings. The van der Waals surface area contributed by atoms with Gasteiger partial charge in [0.25, 0.3) is 0 Å². The molecule has 0 heterocycles. The minimum atomic E-state index is -1.25. The summed E-state index contributed by atoms with van der Waals surface area (Å²) in [5.74, 6) is -1.21. The van der Waals surface area contributed by atoms with Crippen LogP contribution in [0.25, 0.3) is 45.5 Å². The van der Waals surface area contributed by atoms with Gasteiger partial charge in [-0.3, -0.25) is 0 Å². The molecule has 2 atom stereocenters. The number of ether oxygens (including phenoxy) is 2. The second kappa shape index (κ2) is 25.9. The lowest BCUT2D eigenvalue weighted by molar-refractivity contribution is 0.482. The summed E-state index contributed by atoms with van der Waals surface area (Å²) in [5.41, 5.74) is 15.3. The first-order valence-electron chi connectivity index (χ1n) is 33.4. The lowest BCUT2D eigenvalue weighted by atomic mass is 9.67. The minimum absolute atomic E-state index is 0.362. The largest absolute Gasteiger partial charge is 0.457 e. The van der Waals surface area contributed by atoms with Crippen molar-refractivity contribution in [3.63, 3.8) is 0 Å². The number of hydrogen-bond donors (Lipinski definition) is 0. The Morgan fingerprint density at radius 1 is 0.284 bits per heavy atom. The Labute approximate surface area is 587 Å². The SMILES string of the molecule is C=Cc1ccc(Oc2ccc(C3(c4cc(F)cc(F)c4)c4ccccc4-c4ccc(N(c5ccc(-c6ccc(N(c7ccc(F)c(C)c7)c7ccc8c(c7)C(c7ccc(Oc9ccc(C=C)cc9)cc7)(c7cc(F)cc(F)c7)c7ccccc7-8)cc6)cc5)c5ccc(F)c(C)c5)cc43)cc2)cc1. The van der Waals surface area contributed by atoms with Gasteiger partial charge >= 0.3 is 0 Å². The molecule has 0 aromatic heterocycles. The van der Waals surface area contributed by atoms with E-state index in [-0.39, 0.29) is 11.6 Å². The van der Waals surface area contributed by atoms with Crippen LogP contribution in [0.5, 0.6) is 23.0 Å². The van der Waals surface area contributed by atoms with E-state index >= 15 is 26.3 Å². The summed E-state index contributed by atoms with van der Waals surface area (Å²) in [6.07, 6.45) is 3.52. The van der Waals surface area contributed by atoms with E-state index in [9.17, 15) is 0 Å². The van der Waals surface area contributed by atoms with E-state index in [1.165, 1.54) is 36.4 Å². The maximum atomic E-state index is 15.9. The molecule has 494 valence electrons. The van der Waals surface area contributed by atoms with E-state index in [0.717, 1.165) is 101 Å². The molecule has 0 amide bonds. The third-order valence-electron chi connectivity index (χ3n) is 19.8. The van der Waals surface area contributed by atoms with Gasteiger partial charge in [-0.15, -0.1) is 0 Å². The molecule has 0 saturated heterocycles.